The molecular formula is C25H21Cl2N4O2S+. The molecule has 1 atom stereocenters. The van der Waals surface area contributed by atoms with E-state index in [1.165, 1.54) is 12.1 Å². The van der Waals surface area contributed by atoms with Gasteiger partial charge in [0.25, 0.3) is 0 Å². The Kier molecular flexibility index (Phi) is 7.17. The second-order valence-corrected chi connectivity index (χ2v) is 9.98. The number of nitrogens with one attached hydrogen (secondary N) is 1. The van der Waals surface area contributed by atoms with Gasteiger partial charge in [0, 0.05) is 21.8 Å². The number of aliphatic imine (C=N–C) groups is 1. The summed E-state index contributed by atoms with van der Waals surface area (Å²) in [6.07, 6.45) is 1.76. The van der Waals surface area contributed by atoms with Gasteiger partial charge < -0.3 is 5.73 Å². The Morgan fingerprint density at radius 3 is 2.06 bits per heavy atom. The van der Waals surface area contributed by atoms with Crippen molar-refractivity contribution in [1.82, 2.24) is 9.71 Å². The number of hydrogen-bond acceptors (Lipinski definition) is 3. The van der Waals surface area contributed by atoms with Gasteiger partial charge in [-0.1, -0.05) is 65.7 Å². The van der Waals surface area contributed by atoms with Gasteiger partial charge in [0.15, 0.2) is 0 Å². The normalized spacial score (nSPS) is 13.3. The van der Waals surface area contributed by atoms with Crippen molar-refractivity contribution in [3.05, 3.63) is 107 Å². The van der Waals surface area contributed by atoms with Gasteiger partial charge in [0.1, 0.15) is 4.90 Å². The maximum Gasteiger partial charge on any atom is 0.398 e. The number of nitrogens with two attached hydrogens (primary N) is 1. The predicted octanol–water partition coefficient (Wildman–Crippen LogP) is 5.67. The Morgan fingerprint density at radius 2 is 1.47 bits per heavy atom. The van der Waals surface area contributed by atoms with Crippen LogP contribution in [0.5, 0.6) is 0 Å². The van der Waals surface area contributed by atoms with Gasteiger partial charge in [-0.15, -0.1) is 0 Å². The molecule has 0 aliphatic carbocycles. The zero-order valence-corrected chi connectivity index (χ0v) is 20.2. The minimum absolute atomic E-state index is 0.116. The van der Waals surface area contributed by atoms with Crippen LogP contribution in [0.2, 0.25) is 10.0 Å². The summed E-state index contributed by atoms with van der Waals surface area (Å²) in [5.41, 5.74) is 10.3. The average Bonchev–Trinajstić information content (AvgIpc) is 2.84. The molecule has 0 fully saturated rings. The van der Waals surface area contributed by atoms with Crippen LogP contribution < -0.4 is 10.5 Å². The van der Waals surface area contributed by atoms with E-state index in [0.29, 0.717) is 15.7 Å². The molecule has 0 amide bonds. The molecule has 1 unspecified atom stereocenters. The van der Waals surface area contributed by atoms with E-state index in [4.69, 9.17) is 28.9 Å². The average molecular weight is 512 g/mol. The van der Waals surface area contributed by atoms with Gasteiger partial charge in [-0.2, -0.15) is 4.21 Å². The molecule has 0 spiro atoms. The van der Waals surface area contributed by atoms with Crippen LogP contribution in [-0.2, 0) is 16.6 Å². The van der Waals surface area contributed by atoms with Crippen molar-refractivity contribution >= 4 is 39.2 Å². The first-order valence-corrected chi connectivity index (χ1v) is 12.5. The van der Waals surface area contributed by atoms with Crippen LogP contribution >= 0.6 is 23.2 Å². The van der Waals surface area contributed by atoms with Crippen molar-refractivity contribution in [2.45, 2.75) is 11.4 Å². The summed E-state index contributed by atoms with van der Waals surface area (Å²) in [6, 6.07) is 25.1. The molecule has 4 aromatic rings. The van der Waals surface area contributed by atoms with Gasteiger partial charge in [-0.25, -0.2) is 13.9 Å². The topological polar surface area (TPSA) is 102 Å². The fraction of sp³-hybridized carbons (Fsp3) is 0.0400. The smallest absolute Gasteiger partial charge is 0.369 e. The lowest BCUT2D eigenvalue weighted by atomic mass is 9.95. The van der Waals surface area contributed by atoms with Gasteiger partial charge in [-0.3, -0.25) is 4.98 Å². The zero-order chi connectivity index (χ0) is 24.1. The Bertz CT molecular complexity index is 1420. The van der Waals surface area contributed by atoms with E-state index < -0.39 is 10.0 Å². The van der Waals surface area contributed by atoms with Crippen LogP contribution in [0.4, 0.5) is 0 Å². The predicted molar refractivity (Wildman–Crippen MR) is 138 cm³/mol. The van der Waals surface area contributed by atoms with Crippen molar-refractivity contribution in [1.29, 1.82) is 0 Å². The van der Waals surface area contributed by atoms with Crippen LogP contribution in [0.1, 0.15) is 5.69 Å². The zero-order valence-electron chi connectivity index (χ0n) is 17.9. The molecule has 34 heavy (non-hydrogen) atoms. The Balaban J connectivity index is 1.63. The minimum atomic E-state index is -3.56. The molecule has 0 aliphatic heterocycles. The van der Waals surface area contributed by atoms with Crippen molar-refractivity contribution in [2.75, 3.05) is 0 Å². The summed E-state index contributed by atoms with van der Waals surface area (Å²) in [5, 5.41) is 1.29. The standard InChI is InChI=1S/C25H20Cl2N4O2S/c26-19-10-6-17(7-11-19)23-14-21(29-16-24(23)18-8-12-20(27)13-9-18)15-30-25(28)31-34(32,33)22-4-2-1-3-5-22/h1-14,16H,15H2,(H3,28,30,31,32,33)/p+1. The lowest BCUT2D eigenvalue weighted by molar-refractivity contribution is 0.611. The van der Waals surface area contributed by atoms with E-state index in [9.17, 15) is 8.42 Å². The summed E-state index contributed by atoms with van der Waals surface area (Å²) in [6.45, 7) is 0.116. The third-order valence-electron chi connectivity index (χ3n) is 4.99. The molecule has 172 valence electrons. The lowest BCUT2D eigenvalue weighted by Gasteiger charge is -2.12. The minimum Gasteiger partial charge on any atom is -0.369 e. The van der Waals surface area contributed by atoms with Gasteiger partial charge in [-0.05, 0) is 59.2 Å². The Morgan fingerprint density at radius 1 is 0.912 bits per heavy atom. The Labute approximate surface area is 208 Å². The highest BCUT2D eigenvalue weighted by Gasteiger charge is 2.20. The van der Waals surface area contributed by atoms with Crippen molar-refractivity contribution in [3.8, 4) is 22.3 Å². The SMILES string of the molecule is NC(=NCc1cc(-c2ccc(Cl)cc2)c(-c2ccc(Cl)cc2)cn1)NS(=O)(=[OH+])c1ccccc1. The van der Waals surface area contributed by atoms with Gasteiger partial charge in [0.05, 0.1) is 12.2 Å². The molecule has 0 aliphatic rings. The molecule has 0 bridgehead atoms. The van der Waals surface area contributed by atoms with Gasteiger partial charge >= 0.3 is 10.0 Å². The second-order valence-electron chi connectivity index (χ2n) is 7.38. The molecule has 4 N–H and O–H groups in total. The van der Waals surface area contributed by atoms with Crippen LogP contribution in [0.25, 0.3) is 22.3 Å². The first-order chi connectivity index (χ1) is 16.3. The lowest BCUT2D eigenvalue weighted by Crippen LogP contribution is -2.36. The maximum absolute atomic E-state index is 12.5. The third-order valence-corrected chi connectivity index (χ3v) is 6.89. The fourth-order valence-electron chi connectivity index (χ4n) is 3.32. The summed E-state index contributed by atoms with van der Waals surface area (Å²) in [7, 11) is -3.56. The number of aromatic nitrogens is 1. The first-order valence-electron chi connectivity index (χ1n) is 10.2. The number of guanidine groups is 1. The first kappa shape index (κ1) is 23.8. The number of rotatable bonds is 6. The van der Waals surface area contributed by atoms with E-state index in [1.54, 1.807) is 24.4 Å². The fourth-order valence-corrected chi connectivity index (χ4v) is 4.56. The molecule has 4 rings (SSSR count). The van der Waals surface area contributed by atoms with Crippen LogP contribution in [0.15, 0.2) is 101 Å². The molecule has 0 saturated carbocycles. The molecule has 1 heterocycles. The van der Waals surface area contributed by atoms with E-state index in [-0.39, 0.29) is 17.4 Å². The maximum atomic E-state index is 12.5. The van der Waals surface area contributed by atoms with Crippen LogP contribution in [0, 0.1) is 0 Å². The summed E-state index contributed by atoms with van der Waals surface area (Å²) in [4.78, 5) is 8.95. The number of halogens is 2. The van der Waals surface area contributed by atoms with Gasteiger partial charge in [0.2, 0.25) is 5.96 Å². The van der Waals surface area contributed by atoms with E-state index in [1.807, 2.05) is 54.6 Å². The summed E-state index contributed by atoms with van der Waals surface area (Å²) < 4.78 is 25.2. The van der Waals surface area contributed by atoms with Crippen molar-refractivity contribution < 1.29 is 8.42 Å². The highest BCUT2D eigenvalue weighted by atomic mass is 35.5. The third kappa shape index (κ3) is 5.75. The van der Waals surface area contributed by atoms with Crippen molar-refractivity contribution in [3.63, 3.8) is 0 Å². The second kappa shape index (κ2) is 10.3. The Hall–Kier alpha value is -3.39. The quantitative estimate of drug-likeness (QED) is 0.198. The molecular weight excluding hydrogens is 491 g/mol. The molecule has 9 heteroatoms. The number of hydrogen-bond donors (Lipinski definition) is 2. The molecule has 0 radical (unpaired) electrons. The molecule has 3 aromatic carbocycles. The molecule has 6 nitrogen and oxygen atoms in total. The summed E-state index contributed by atoms with van der Waals surface area (Å²) >= 11 is 12.1. The van der Waals surface area contributed by atoms with Crippen molar-refractivity contribution in [2.24, 2.45) is 10.7 Å². The number of nitrogens with zero attached hydrogens (tertiary/aromatic N) is 2. The largest absolute Gasteiger partial charge is 0.398 e. The summed E-state index contributed by atoms with van der Waals surface area (Å²) in [5.74, 6) is -0.159. The monoisotopic (exact) mass is 511 g/mol. The van der Waals surface area contributed by atoms with E-state index in [2.05, 4.69) is 14.7 Å². The number of benzene rings is 3. The highest BCUT2D eigenvalue weighted by molar-refractivity contribution is 7.90. The van der Waals surface area contributed by atoms with E-state index >= 15 is 0 Å². The highest BCUT2D eigenvalue weighted by Crippen LogP contribution is 2.33. The molecule has 1 aromatic heterocycles. The molecule has 0 saturated heterocycles. The van der Waals surface area contributed by atoms with E-state index in [0.717, 1.165) is 22.3 Å². The number of pyridine rings is 1. The van der Waals surface area contributed by atoms with Crippen LogP contribution in [0.3, 0.4) is 0 Å². The van der Waals surface area contributed by atoms with Crippen LogP contribution in [-0.4, -0.2) is 19.4 Å².